The third-order valence-electron chi connectivity index (χ3n) is 5.37. The van der Waals surface area contributed by atoms with Gasteiger partial charge < -0.3 is 19.8 Å². The normalized spacial score (nSPS) is 18.3. The number of nitrogens with zero attached hydrogens (tertiary/aromatic N) is 2. The molecule has 6 nitrogen and oxygen atoms in total. The Morgan fingerprint density at radius 3 is 2.34 bits per heavy atom. The van der Waals surface area contributed by atoms with Crippen molar-refractivity contribution in [1.29, 1.82) is 0 Å². The molecular weight excluding hydrogens is 415 g/mol. The summed E-state index contributed by atoms with van der Waals surface area (Å²) in [5, 5.41) is 0. The van der Waals surface area contributed by atoms with Gasteiger partial charge in [-0.25, -0.2) is 4.79 Å². The number of methoxy groups -OCH3 is 1. The topological polar surface area (TPSA) is 73.5 Å². The quantitative estimate of drug-likeness (QED) is 0.668. The van der Waals surface area contributed by atoms with Gasteiger partial charge in [-0.1, -0.05) is 36.4 Å². The fraction of sp³-hybridized carbons (Fsp3) is 0.381. The summed E-state index contributed by atoms with van der Waals surface area (Å²) in [7, 11) is 3.57. The molecule has 0 saturated carbocycles. The lowest BCUT2D eigenvalue weighted by atomic mass is 9.92. The second kappa shape index (κ2) is 10.8. The van der Waals surface area contributed by atoms with E-state index in [4.69, 9.17) is 9.47 Å². The number of hydrogen-bond acceptors (Lipinski definition) is 5. The van der Waals surface area contributed by atoms with Gasteiger partial charge in [0.05, 0.1) is 13.2 Å². The Bertz CT molecular complexity index is 826. The number of carbonyl (C=O) groups excluding carboxylic acids is 1. The van der Waals surface area contributed by atoms with Crippen LogP contribution in [0.2, 0.25) is 0 Å². The zero-order chi connectivity index (χ0) is 18.1. The van der Waals surface area contributed by atoms with Crippen molar-refractivity contribution in [2.75, 3.05) is 40.3 Å². The molecule has 2 heterocycles. The first-order valence-electron chi connectivity index (χ1n) is 9.03. The minimum Gasteiger partial charge on any atom is -0.488 e. The molecule has 0 spiro atoms. The molecule has 0 amide bonds. The molecule has 2 N–H and O–H groups in total. The molecule has 2 aliphatic rings. The number of benzene rings is 2. The van der Waals surface area contributed by atoms with Crippen LogP contribution in [0.15, 0.2) is 42.5 Å². The number of piperazine rings is 1. The summed E-state index contributed by atoms with van der Waals surface area (Å²) >= 11 is 0. The molecule has 0 aromatic heterocycles. The van der Waals surface area contributed by atoms with Crippen LogP contribution in [0.3, 0.4) is 0 Å². The van der Waals surface area contributed by atoms with Crippen molar-refractivity contribution in [3.05, 3.63) is 64.7 Å². The maximum atomic E-state index is 12.3. The first kappa shape index (κ1) is 25.2. The number of likely N-dealkylation sites (N-methyl/N-ethyl adjacent to an activating group) is 1. The number of hydrogen-bond donors (Lipinski definition) is 0. The van der Waals surface area contributed by atoms with Crippen LogP contribution >= 0.6 is 24.8 Å². The van der Waals surface area contributed by atoms with E-state index in [9.17, 15) is 4.79 Å². The average Bonchev–Trinajstić information content (AvgIpc) is 2.85. The summed E-state index contributed by atoms with van der Waals surface area (Å²) < 4.78 is 11.1. The number of rotatable bonds is 2. The summed E-state index contributed by atoms with van der Waals surface area (Å²) in [5.41, 5.74) is 3.97. The van der Waals surface area contributed by atoms with Crippen molar-refractivity contribution in [1.82, 2.24) is 9.80 Å². The van der Waals surface area contributed by atoms with E-state index < -0.39 is 0 Å². The van der Waals surface area contributed by atoms with E-state index in [2.05, 4.69) is 41.1 Å². The Hall–Kier alpha value is -1.83. The zero-order valence-electron chi connectivity index (χ0n) is 16.6. The fourth-order valence-electron chi connectivity index (χ4n) is 3.93. The molecule has 4 rings (SSSR count). The molecule has 2 aromatic carbocycles. The Kier molecular flexibility index (Phi) is 9.39. The molecule has 160 valence electrons. The Morgan fingerprint density at radius 1 is 1.00 bits per heavy atom. The maximum absolute atomic E-state index is 12.3. The highest BCUT2D eigenvalue weighted by Gasteiger charge is 2.33. The van der Waals surface area contributed by atoms with E-state index in [0.29, 0.717) is 17.9 Å². The fourth-order valence-corrected chi connectivity index (χ4v) is 3.93. The van der Waals surface area contributed by atoms with Crippen molar-refractivity contribution in [2.24, 2.45) is 0 Å². The van der Waals surface area contributed by atoms with E-state index in [1.54, 1.807) is 6.07 Å². The van der Waals surface area contributed by atoms with Crippen molar-refractivity contribution in [3.8, 4) is 5.75 Å². The summed E-state index contributed by atoms with van der Waals surface area (Å²) in [4.78, 5) is 17.1. The molecule has 2 aromatic rings. The van der Waals surface area contributed by atoms with Crippen LogP contribution in [0.4, 0.5) is 0 Å². The van der Waals surface area contributed by atoms with Crippen LogP contribution in [0.5, 0.6) is 5.75 Å². The Morgan fingerprint density at radius 2 is 1.66 bits per heavy atom. The van der Waals surface area contributed by atoms with E-state index in [-0.39, 0.29) is 42.3 Å². The van der Waals surface area contributed by atoms with E-state index in [0.717, 1.165) is 31.7 Å². The number of carbonyl (C=O) groups is 1. The molecule has 1 unspecified atom stereocenters. The molecule has 2 aliphatic heterocycles. The van der Waals surface area contributed by atoms with Crippen molar-refractivity contribution < 1.29 is 19.7 Å². The highest BCUT2D eigenvalue weighted by atomic mass is 35.5. The summed E-state index contributed by atoms with van der Waals surface area (Å²) in [6, 6.07) is 14.3. The van der Waals surface area contributed by atoms with Gasteiger partial charge in [-0.15, -0.1) is 24.8 Å². The first-order chi connectivity index (χ1) is 12.7. The molecule has 1 fully saturated rings. The lowest BCUT2D eigenvalue weighted by Crippen LogP contribution is -2.46. The number of ether oxygens (including phenoxy) is 2. The van der Waals surface area contributed by atoms with E-state index in [1.165, 1.54) is 18.2 Å². The summed E-state index contributed by atoms with van der Waals surface area (Å²) in [6.07, 6.45) is 0. The first-order valence-corrected chi connectivity index (χ1v) is 9.03. The minimum atomic E-state index is -0.357. The number of esters is 1. The lowest BCUT2D eigenvalue weighted by molar-refractivity contribution is 0.0595. The molecule has 1 saturated heterocycles. The molecule has 29 heavy (non-hydrogen) atoms. The lowest BCUT2D eigenvalue weighted by Gasteiger charge is -2.38. The molecule has 0 bridgehead atoms. The van der Waals surface area contributed by atoms with Gasteiger partial charge in [0.15, 0.2) is 0 Å². The van der Waals surface area contributed by atoms with Gasteiger partial charge in [0, 0.05) is 31.7 Å². The van der Waals surface area contributed by atoms with Gasteiger partial charge in [-0.2, -0.15) is 0 Å². The molecule has 0 aliphatic carbocycles. The predicted molar refractivity (Wildman–Crippen MR) is 118 cm³/mol. The van der Waals surface area contributed by atoms with E-state index >= 15 is 0 Å². The van der Waals surface area contributed by atoms with Gasteiger partial charge in [-0.3, -0.25) is 4.90 Å². The van der Waals surface area contributed by atoms with Crippen LogP contribution in [0.25, 0.3) is 0 Å². The number of halogens is 2. The van der Waals surface area contributed by atoms with Gasteiger partial charge >= 0.3 is 5.97 Å². The molecular formula is C21H28Cl2N2O4. The second-order valence-electron chi connectivity index (χ2n) is 6.94. The Labute approximate surface area is 183 Å². The predicted octanol–water partition coefficient (Wildman–Crippen LogP) is 2.72. The molecule has 8 heteroatoms. The maximum Gasteiger partial charge on any atom is 0.341 e. The largest absolute Gasteiger partial charge is 0.488 e. The van der Waals surface area contributed by atoms with Gasteiger partial charge in [-0.05, 0) is 24.2 Å². The second-order valence-corrected chi connectivity index (χ2v) is 6.94. The Balaban J connectivity index is 0.00000140. The van der Waals surface area contributed by atoms with Gasteiger partial charge in [0.1, 0.15) is 17.9 Å². The van der Waals surface area contributed by atoms with Crippen LogP contribution in [-0.2, 0) is 11.3 Å². The van der Waals surface area contributed by atoms with Crippen molar-refractivity contribution in [3.63, 3.8) is 0 Å². The number of para-hydroxylation sites is 1. The van der Waals surface area contributed by atoms with Crippen molar-refractivity contribution in [2.45, 2.75) is 12.6 Å². The summed E-state index contributed by atoms with van der Waals surface area (Å²) in [6.45, 7) is 4.49. The van der Waals surface area contributed by atoms with E-state index in [1.807, 2.05) is 12.1 Å². The smallest absolute Gasteiger partial charge is 0.341 e. The van der Waals surface area contributed by atoms with Crippen LogP contribution in [-0.4, -0.2) is 61.6 Å². The van der Waals surface area contributed by atoms with Crippen molar-refractivity contribution >= 4 is 30.8 Å². The van der Waals surface area contributed by atoms with Crippen LogP contribution in [0.1, 0.15) is 33.1 Å². The molecule has 1 atom stereocenters. The van der Waals surface area contributed by atoms with Gasteiger partial charge in [0.25, 0.3) is 0 Å². The minimum absolute atomic E-state index is 0. The van der Waals surface area contributed by atoms with Crippen LogP contribution in [0, 0.1) is 0 Å². The molecule has 0 radical (unpaired) electrons. The third kappa shape index (κ3) is 4.85. The standard InChI is InChI=1S/C21H24N2O3.2ClH.H2O/c1-22-10-12-23(13-11-22)19-16-7-4-3-6-15(16)14-26-20-17(19)8-5-9-18(20)21(24)25-2;;;/h3-9,19H,10-14H2,1-2H3;2*1H;1H2. The zero-order valence-corrected chi connectivity index (χ0v) is 18.2. The average molecular weight is 443 g/mol. The monoisotopic (exact) mass is 442 g/mol. The summed E-state index contributed by atoms with van der Waals surface area (Å²) in [5.74, 6) is 0.296. The SMILES string of the molecule is COC(=O)c1cccc2c1OCc1ccccc1C2N1CCN(C)CC1.Cl.Cl.O. The highest BCUT2D eigenvalue weighted by molar-refractivity contribution is 5.93. The van der Waals surface area contributed by atoms with Crippen LogP contribution < -0.4 is 4.74 Å². The highest BCUT2D eigenvalue weighted by Crippen LogP contribution is 2.41. The third-order valence-corrected chi connectivity index (χ3v) is 5.37. The van der Waals surface area contributed by atoms with Gasteiger partial charge in [0.2, 0.25) is 0 Å². The number of fused-ring (bicyclic) bond motifs is 2.